The van der Waals surface area contributed by atoms with Gasteiger partial charge in [-0.2, -0.15) is 5.53 Å². The van der Waals surface area contributed by atoms with E-state index in [1.807, 2.05) is 0 Å². The van der Waals surface area contributed by atoms with Crippen LogP contribution in [0.4, 0.5) is 0 Å². The van der Waals surface area contributed by atoms with Gasteiger partial charge in [0.05, 0.1) is 0 Å². The number of amidine groups is 1. The summed E-state index contributed by atoms with van der Waals surface area (Å²) in [5, 5.41) is 10.9. The highest BCUT2D eigenvalue weighted by atomic mass is 15.5. The predicted octanol–water partition coefficient (Wildman–Crippen LogP) is 0.861. The summed E-state index contributed by atoms with van der Waals surface area (Å²) in [6.07, 6.45) is 0. The molecule has 0 radical (unpaired) electrons. The molecule has 40 valence electrons. The van der Waals surface area contributed by atoms with Gasteiger partial charge < -0.3 is 0 Å². The minimum atomic E-state index is 0.273. The van der Waals surface area contributed by atoms with Gasteiger partial charge in [-0.3, -0.25) is 5.41 Å². The fraction of sp³-hybridized carbons (Fsp3) is 0.667. The lowest BCUT2D eigenvalue weighted by Gasteiger charge is -2.04. The zero-order valence-electron chi connectivity index (χ0n) is 4.39. The molecule has 0 bridgehead atoms. The number of rotatable bonds is 1. The molecule has 2 N–H and O–H groups in total. The molecule has 0 amide bonds. The van der Waals surface area contributed by atoms with Gasteiger partial charge in [-0.05, 0) is 6.92 Å². The van der Waals surface area contributed by atoms with Crippen LogP contribution in [0.5, 0.6) is 0 Å². The minimum Gasteiger partial charge on any atom is -0.287 e. The van der Waals surface area contributed by atoms with Crippen molar-refractivity contribution in [2.45, 2.75) is 6.92 Å². The minimum absolute atomic E-state index is 0.273. The van der Waals surface area contributed by atoms with Gasteiger partial charge in [-0.1, -0.05) is 5.22 Å². The second kappa shape index (κ2) is 2.28. The van der Waals surface area contributed by atoms with E-state index in [-0.39, 0.29) is 5.84 Å². The van der Waals surface area contributed by atoms with Crippen molar-refractivity contribution in [1.82, 2.24) is 5.01 Å². The molecule has 7 heavy (non-hydrogen) atoms. The van der Waals surface area contributed by atoms with Crippen LogP contribution in [0.3, 0.4) is 0 Å². The Bertz CT molecular complexity index is 86.9. The Balaban J connectivity index is 3.55. The smallest absolute Gasteiger partial charge is 0.115 e. The molecule has 4 nitrogen and oxygen atoms in total. The molecule has 0 fully saturated rings. The lowest BCUT2D eigenvalue weighted by molar-refractivity contribution is 0.482. The third-order valence-electron chi connectivity index (χ3n) is 0.635. The molecule has 4 heteroatoms. The van der Waals surface area contributed by atoms with Gasteiger partial charge in [0.1, 0.15) is 5.84 Å². The zero-order chi connectivity index (χ0) is 5.86. The van der Waals surface area contributed by atoms with Crippen LogP contribution in [-0.4, -0.2) is 17.9 Å². The highest BCUT2D eigenvalue weighted by Gasteiger charge is 1.88. The summed E-state index contributed by atoms with van der Waals surface area (Å²) in [6.45, 7) is 1.57. The molecule has 0 saturated heterocycles. The summed E-state index contributed by atoms with van der Waals surface area (Å²) in [6, 6.07) is 0. The Morgan fingerprint density at radius 2 is 2.14 bits per heavy atom. The van der Waals surface area contributed by atoms with Crippen LogP contribution >= 0.6 is 0 Å². The summed E-state index contributed by atoms with van der Waals surface area (Å²) in [5.74, 6) is 0.273. The van der Waals surface area contributed by atoms with Crippen molar-refractivity contribution in [3.05, 3.63) is 0 Å². The molecule has 0 aromatic carbocycles. The SMILES string of the molecule is CC(=N)N(C)N=N. The van der Waals surface area contributed by atoms with Crippen LogP contribution in [0.25, 0.3) is 0 Å². The number of nitrogens with zero attached hydrogens (tertiary/aromatic N) is 2. The van der Waals surface area contributed by atoms with Crippen molar-refractivity contribution in [1.29, 1.82) is 10.9 Å². The first-order chi connectivity index (χ1) is 3.18. The van der Waals surface area contributed by atoms with Crippen molar-refractivity contribution >= 4 is 5.84 Å². The molecule has 0 aromatic heterocycles. The third-order valence-corrected chi connectivity index (χ3v) is 0.635. The Morgan fingerprint density at radius 3 is 2.14 bits per heavy atom. The first-order valence-corrected chi connectivity index (χ1v) is 1.84. The van der Waals surface area contributed by atoms with E-state index in [1.54, 1.807) is 14.0 Å². The van der Waals surface area contributed by atoms with Crippen LogP contribution in [0.2, 0.25) is 0 Å². The fourth-order valence-electron chi connectivity index (χ4n) is 0.0750. The number of hydrogen-bond acceptors (Lipinski definition) is 3. The Hall–Kier alpha value is -0.930. The molecule has 0 spiro atoms. The van der Waals surface area contributed by atoms with Crippen LogP contribution in [0, 0.1) is 10.9 Å². The maximum Gasteiger partial charge on any atom is 0.115 e. The Labute approximate surface area is 42.1 Å². The maximum absolute atomic E-state index is 6.81. The monoisotopic (exact) mass is 100 g/mol. The molecule has 0 saturated carbocycles. The first-order valence-electron chi connectivity index (χ1n) is 1.84. The second-order valence-corrected chi connectivity index (χ2v) is 1.21. The van der Waals surface area contributed by atoms with Crippen molar-refractivity contribution in [2.75, 3.05) is 7.05 Å². The zero-order valence-corrected chi connectivity index (χ0v) is 4.39. The summed E-state index contributed by atoms with van der Waals surface area (Å²) in [5.41, 5.74) is 6.35. The normalized spacial score (nSPS) is 7.71. The Morgan fingerprint density at radius 1 is 1.71 bits per heavy atom. The summed E-state index contributed by atoms with van der Waals surface area (Å²) in [4.78, 5) is 0. The van der Waals surface area contributed by atoms with E-state index in [1.165, 1.54) is 5.01 Å². The molecule has 0 aliphatic rings. The van der Waals surface area contributed by atoms with Gasteiger partial charge in [0.15, 0.2) is 0 Å². The highest BCUT2D eigenvalue weighted by molar-refractivity contribution is 5.75. The molecule has 0 unspecified atom stereocenters. The van der Waals surface area contributed by atoms with Gasteiger partial charge >= 0.3 is 0 Å². The fourth-order valence-corrected chi connectivity index (χ4v) is 0.0750. The molecule has 0 aliphatic carbocycles. The average Bonchev–Trinajstić information content (AvgIpc) is 1.65. The standard InChI is InChI=1S/C3H8N4/c1-3(4)7(2)6-5/h4-5H,1-2H3. The van der Waals surface area contributed by atoms with E-state index in [0.29, 0.717) is 0 Å². The summed E-state index contributed by atoms with van der Waals surface area (Å²) >= 11 is 0. The largest absolute Gasteiger partial charge is 0.287 e. The predicted molar refractivity (Wildman–Crippen MR) is 26.3 cm³/mol. The average molecular weight is 100 g/mol. The van der Waals surface area contributed by atoms with E-state index >= 15 is 0 Å². The van der Waals surface area contributed by atoms with Crippen LogP contribution < -0.4 is 0 Å². The Kier molecular flexibility index (Phi) is 1.98. The van der Waals surface area contributed by atoms with E-state index in [0.717, 1.165) is 0 Å². The van der Waals surface area contributed by atoms with E-state index in [2.05, 4.69) is 5.22 Å². The molecular weight excluding hydrogens is 92.1 g/mol. The molecule has 0 atom stereocenters. The van der Waals surface area contributed by atoms with Gasteiger partial charge in [-0.25, -0.2) is 5.01 Å². The molecule has 0 aliphatic heterocycles. The van der Waals surface area contributed by atoms with Gasteiger partial charge in [0, 0.05) is 7.05 Å². The number of hydrogen-bond donors (Lipinski definition) is 2. The van der Waals surface area contributed by atoms with Gasteiger partial charge in [0.2, 0.25) is 0 Å². The van der Waals surface area contributed by atoms with E-state index in [4.69, 9.17) is 10.9 Å². The van der Waals surface area contributed by atoms with Crippen molar-refractivity contribution in [3.63, 3.8) is 0 Å². The molecule has 0 aromatic rings. The molecule has 0 heterocycles. The van der Waals surface area contributed by atoms with Crippen LogP contribution in [-0.2, 0) is 0 Å². The van der Waals surface area contributed by atoms with Crippen molar-refractivity contribution < 1.29 is 0 Å². The number of nitrogens with one attached hydrogen (secondary N) is 2. The third kappa shape index (κ3) is 1.86. The van der Waals surface area contributed by atoms with E-state index < -0.39 is 0 Å². The highest BCUT2D eigenvalue weighted by Crippen LogP contribution is 1.80. The lowest BCUT2D eigenvalue weighted by atomic mass is 10.7. The summed E-state index contributed by atoms with van der Waals surface area (Å²) in [7, 11) is 1.55. The van der Waals surface area contributed by atoms with Crippen LogP contribution in [0.15, 0.2) is 5.22 Å². The first kappa shape index (κ1) is 6.07. The quantitative estimate of drug-likeness (QED) is 0.218. The molecule has 0 rings (SSSR count). The summed E-state index contributed by atoms with van der Waals surface area (Å²) < 4.78 is 0. The van der Waals surface area contributed by atoms with Gasteiger partial charge in [-0.15, -0.1) is 0 Å². The topological polar surface area (TPSA) is 63.3 Å². The van der Waals surface area contributed by atoms with Gasteiger partial charge in [0.25, 0.3) is 0 Å². The van der Waals surface area contributed by atoms with Crippen LogP contribution in [0.1, 0.15) is 6.92 Å². The van der Waals surface area contributed by atoms with Crippen molar-refractivity contribution in [3.8, 4) is 0 Å². The van der Waals surface area contributed by atoms with Crippen molar-refractivity contribution in [2.24, 2.45) is 5.22 Å². The second-order valence-electron chi connectivity index (χ2n) is 1.21. The van der Waals surface area contributed by atoms with E-state index in [9.17, 15) is 0 Å². The maximum atomic E-state index is 6.81. The lowest BCUT2D eigenvalue weighted by Crippen LogP contribution is -2.14. The molecular formula is C3H8N4.